The maximum atomic E-state index is 12.5. The summed E-state index contributed by atoms with van der Waals surface area (Å²) in [6.45, 7) is 0.675. The third-order valence-corrected chi connectivity index (χ3v) is 6.75. The van der Waals surface area contributed by atoms with Crippen LogP contribution in [-0.4, -0.2) is 27.4 Å². The summed E-state index contributed by atoms with van der Waals surface area (Å²) >= 11 is 0. The highest BCUT2D eigenvalue weighted by Crippen LogP contribution is 2.59. The molecule has 1 aromatic carbocycles. The van der Waals surface area contributed by atoms with Crippen molar-refractivity contribution in [2.24, 2.45) is 23.2 Å². The first-order chi connectivity index (χ1) is 12.6. The van der Waals surface area contributed by atoms with Crippen molar-refractivity contribution in [1.29, 1.82) is 0 Å². The Morgan fingerprint density at radius 2 is 1.77 bits per heavy atom. The van der Waals surface area contributed by atoms with E-state index < -0.39 is 0 Å². The number of hydrogen-bond donors (Lipinski definition) is 1. The van der Waals surface area contributed by atoms with E-state index in [1.54, 1.807) is 18.2 Å². The molecule has 2 aromatic rings. The minimum atomic E-state index is -0.263. The Kier molecular flexibility index (Phi) is 3.62. The largest absolute Gasteiger partial charge is 0.354 e. The number of fused-ring (bicyclic) bond motifs is 1. The maximum Gasteiger partial charge on any atom is 0.278 e. The normalized spacial score (nSPS) is 32.1. The van der Waals surface area contributed by atoms with Crippen LogP contribution in [0.25, 0.3) is 10.9 Å². The number of benzene rings is 1. The average molecular weight is 352 g/mol. The second-order valence-electron chi connectivity index (χ2n) is 8.76. The highest BCUT2D eigenvalue weighted by molar-refractivity contribution is 5.78. The Labute approximate surface area is 152 Å². The molecule has 6 heteroatoms. The van der Waals surface area contributed by atoms with Gasteiger partial charge in [-0.2, -0.15) is 0 Å². The second kappa shape index (κ2) is 5.89. The summed E-state index contributed by atoms with van der Waals surface area (Å²) in [7, 11) is 0. The molecule has 0 unspecified atom stereocenters. The van der Waals surface area contributed by atoms with E-state index >= 15 is 0 Å². The molecule has 1 heterocycles. The standard InChI is InChI=1S/C20H24N4O2/c25-18(11-24-19(26)16-3-1-2-4-17(16)22-23-24)21-12-20-8-13-5-14(9-20)7-15(6-13)10-20/h1-4,13-15H,5-12H2,(H,21,25). The van der Waals surface area contributed by atoms with Crippen molar-refractivity contribution < 1.29 is 4.79 Å². The Morgan fingerprint density at radius 1 is 1.12 bits per heavy atom. The average Bonchev–Trinajstić information content (AvgIpc) is 2.62. The first kappa shape index (κ1) is 16.0. The lowest BCUT2D eigenvalue weighted by Gasteiger charge is -2.56. The molecule has 0 radical (unpaired) electrons. The van der Waals surface area contributed by atoms with Gasteiger partial charge in [-0.05, 0) is 73.8 Å². The van der Waals surface area contributed by atoms with E-state index in [4.69, 9.17) is 0 Å². The molecule has 0 atom stereocenters. The highest BCUT2D eigenvalue weighted by Gasteiger charge is 2.50. The lowest BCUT2D eigenvalue weighted by Crippen LogP contribution is -2.51. The van der Waals surface area contributed by atoms with Gasteiger partial charge in [0.1, 0.15) is 12.1 Å². The van der Waals surface area contributed by atoms with Crippen LogP contribution >= 0.6 is 0 Å². The van der Waals surface area contributed by atoms with Gasteiger partial charge in [0, 0.05) is 6.54 Å². The van der Waals surface area contributed by atoms with Gasteiger partial charge in [0.15, 0.2) is 0 Å². The molecule has 0 saturated heterocycles. The number of nitrogens with one attached hydrogen (secondary N) is 1. The highest BCUT2D eigenvalue weighted by atomic mass is 16.2. The fraction of sp³-hybridized carbons (Fsp3) is 0.600. The van der Waals surface area contributed by atoms with Crippen LogP contribution < -0.4 is 10.9 Å². The summed E-state index contributed by atoms with van der Waals surface area (Å²) in [5.41, 5.74) is 0.591. The van der Waals surface area contributed by atoms with Crippen LogP contribution in [0.2, 0.25) is 0 Å². The van der Waals surface area contributed by atoms with Gasteiger partial charge in [0.2, 0.25) is 5.91 Å². The van der Waals surface area contributed by atoms with Gasteiger partial charge in [-0.3, -0.25) is 9.59 Å². The van der Waals surface area contributed by atoms with Crippen molar-refractivity contribution in [2.75, 3.05) is 6.54 Å². The Hall–Kier alpha value is -2.24. The Balaban J connectivity index is 1.27. The topological polar surface area (TPSA) is 76.9 Å². The van der Waals surface area contributed by atoms with Gasteiger partial charge in [-0.15, -0.1) is 5.10 Å². The zero-order valence-corrected chi connectivity index (χ0v) is 14.9. The van der Waals surface area contributed by atoms with E-state index in [-0.39, 0.29) is 18.0 Å². The first-order valence-corrected chi connectivity index (χ1v) is 9.69. The SMILES string of the molecule is O=C(Cn1nnc2ccccc2c1=O)NCC12CC3CC(CC(C3)C1)C2. The molecule has 4 saturated carbocycles. The Morgan fingerprint density at radius 3 is 2.46 bits per heavy atom. The molecule has 1 aromatic heterocycles. The molecule has 1 N–H and O–H groups in total. The molecule has 1 amide bonds. The van der Waals surface area contributed by atoms with Crippen molar-refractivity contribution in [3.8, 4) is 0 Å². The van der Waals surface area contributed by atoms with Crippen LogP contribution in [0.5, 0.6) is 0 Å². The smallest absolute Gasteiger partial charge is 0.278 e. The molecule has 0 aliphatic heterocycles. The number of carbonyl (C=O) groups is 1. The summed E-state index contributed by atoms with van der Waals surface area (Å²) < 4.78 is 1.16. The van der Waals surface area contributed by atoms with E-state index in [2.05, 4.69) is 15.6 Å². The van der Waals surface area contributed by atoms with Gasteiger partial charge in [0.05, 0.1) is 5.39 Å². The number of carbonyl (C=O) groups excluding carboxylic acids is 1. The Bertz CT molecular complexity index is 884. The van der Waals surface area contributed by atoms with Crippen LogP contribution in [0.15, 0.2) is 29.1 Å². The lowest BCUT2D eigenvalue weighted by molar-refractivity contribution is -0.124. The summed E-state index contributed by atoms with van der Waals surface area (Å²) in [6, 6.07) is 7.08. The molecule has 4 bridgehead atoms. The van der Waals surface area contributed by atoms with Gasteiger partial charge < -0.3 is 5.32 Å². The number of aromatic nitrogens is 3. The predicted octanol–water partition coefficient (Wildman–Crippen LogP) is 2.12. The van der Waals surface area contributed by atoms with Gasteiger partial charge in [-0.25, -0.2) is 4.68 Å². The summed E-state index contributed by atoms with van der Waals surface area (Å²) in [4.78, 5) is 24.9. The van der Waals surface area contributed by atoms with Crippen LogP contribution in [0.3, 0.4) is 0 Å². The van der Waals surface area contributed by atoms with E-state index in [1.807, 2.05) is 6.07 Å². The maximum absolute atomic E-state index is 12.5. The number of hydrogen-bond acceptors (Lipinski definition) is 4. The first-order valence-electron chi connectivity index (χ1n) is 9.69. The zero-order chi connectivity index (χ0) is 17.7. The minimum Gasteiger partial charge on any atom is -0.354 e. The molecule has 4 aliphatic carbocycles. The van der Waals surface area contributed by atoms with Crippen molar-refractivity contribution >= 4 is 16.8 Å². The van der Waals surface area contributed by atoms with Crippen molar-refractivity contribution in [2.45, 2.75) is 45.1 Å². The van der Waals surface area contributed by atoms with Crippen molar-refractivity contribution in [3.05, 3.63) is 34.6 Å². The molecule has 6 nitrogen and oxygen atoms in total. The number of amides is 1. The third-order valence-electron chi connectivity index (χ3n) is 6.75. The molecule has 4 aliphatic rings. The zero-order valence-electron chi connectivity index (χ0n) is 14.9. The molecule has 0 spiro atoms. The van der Waals surface area contributed by atoms with E-state index in [1.165, 1.54) is 38.5 Å². The summed E-state index contributed by atoms with van der Waals surface area (Å²) in [6.07, 6.45) is 7.97. The molecule has 136 valence electrons. The van der Waals surface area contributed by atoms with Crippen LogP contribution in [0, 0.1) is 23.2 Å². The van der Waals surface area contributed by atoms with Crippen LogP contribution in [0.1, 0.15) is 38.5 Å². The fourth-order valence-electron chi connectivity index (χ4n) is 6.11. The van der Waals surface area contributed by atoms with Gasteiger partial charge in [0.25, 0.3) is 5.56 Å². The minimum absolute atomic E-state index is 0.0664. The summed E-state index contributed by atoms with van der Waals surface area (Å²) in [5, 5.41) is 11.6. The van der Waals surface area contributed by atoms with E-state index in [0.29, 0.717) is 16.3 Å². The summed E-state index contributed by atoms with van der Waals surface area (Å²) in [5.74, 6) is 2.46. The third kappa shape index (κ3) is 2.72. The quantitative estimate of drug-likeness (QED) is 0.914. The van der Waals surface area contributed by atoms with Crippen molar-refractivity contribution in [1.82, 2.24) is 20.3 Å². The fourth-order valence-corrected chi connectivity index (χ4v) is 6.11. The second-order valence-corrected chi connectivity index (χ2v) is 8.76. The molecular formula is C20H24N4O2. The van der Waals surface area contributed by atoms with Gasteiger partial charge >= 0.3 is 0 Å². The molecule has 4 fully saturated rings. The molecular weight excluding hydrogens is 328 g/mol. The molecule has 6 rings (SSSR count). The number of nitrogens with zero attached hydrogens (tertiary/aromatic N) is 3. The number of rotatable bonds is 4. The van der Waals surface area contributed by atoms with Crippen LogP contribution in [0.4, 0.5) is 0 Å². The predicted molar refractivity (Wildman–Crippen MR) is 97.4 cm³/mol. The lowest BCUT2D eigenvalue weighted by atomic mass is 9.49. The van der Waals surface area contributed by atoms with Gasteiger partial charge in [-0.1, -0.05) is 17.3 Å². The van der Waals surface area contributed by atoms with E-state index in [0.717, 1.165) is 29.0 Å². The van der Waals surface area contributed by atoms with Crippen molar-refractivity contribution in [3.63, 3.8) is 0 Å². The monoisotopic (exact) mass is 352 g/mol. The van der Waals surface area contributed by atoms with E-state index in [9.17, 15) is 9.59 Å². The van der Waals surface area contributed by atoms with Crippen LogP contribution in [-0.2, 0) is 11.3 Å². The molecule has 26 heavy (non-hydrogen) atoms.